The van der Waals surface area contributed by atoms with E-state index in [1.165, 1.54) is 44.2 Å². The number of nitrogens with zero attached hydrogens (tertiary/aromatic N) is 3. The molecule has 11 aromatic rings. The summed E-state index contributed by atoms with van der Waals surface area (Å²) >= 11 is 0. The van der Waals surface area contributed by atoms with E-state index in [1.54, 1.807) is 0 Å². The van der Waals surface area contributed by atoms with Crippen molar-refractivity contribution in [3.63, 3.8) is 0 Å². The Bertz CT molecular complexity index is 3380. The zero-order valence-corrected chi connectivity index (χ0v) is 40.2. The minimum Gasteiger partial charge on any atom is -0.308 e. The first kappa shape index (κ1) is 43.4. The van der Waals surface area contributed by atoms with E-state index in [4.69, 9.17) is 9.97 Å². The Morgan fingerprint density at radius 1 is 0.304 bits per heavy atom. The zero-order valence-electron chi connectivity index (χ0n) is 40.2. The van der Waals surface area contributed by atoms with E-state index in [-0.39, 0.29) is 10.8 Å². The third-order valence-electron chi connectivity index (χ3n) is 13.6. The standard InChI is InChI=1S/C66H55N3/c1-65(2,3)53-33-27-46(28-34-53)55-41-52(60-43-59(48-23-15-9-16-24-48)67-64(68-60)49-25-17-10-18-26-49)42-56(47-29-35-54(36-30-47)66(4,5)6)63(55)69-61-37-31-50(44-19-11-7-12-20-44)39-57(61)58-40-51(32-38-62(58)69)45-21-13-8-14-22-45/h7-43H,1-6H3. The lowest BCUT2D eigenvalue weighted by Crippen LogP contribution is -2.10. The van der Waals surface area contributed by atoms with Gasteiger partial charge < -0.3 is 4.57 Å². The average Bonchev–Trinajstić information content (AvgIpc) is 3.71. The second-order valence-corrected chi connectivity index (χ2v) is 20.3. The molecule has 0 unspecified atom stereocenters. The van der Waals surface area contributed by atoms with Crippen molar-refractivity contribution in [2.75, 3.05) is 0 Å². The number of hydrogen-bond acceptors (Lipinski definition) is 2. The molecule has 0 radical (unpaired) electrons. The van der Waals surface area contributed by atoms with Crippen LogP contribution in [0, 0.1) is 0 Å². The molecule has 0 aliphatic carbocycles. The number of fused-ring (bicyclic) bond motifs is 3. The predicted octanol–water partition coefficient (Wildman–Crippen LogP) is 17.8. The van der Waals surface area contributed by atoms with Crippen LogP contribution < -0.4 is 0 Å². The fourth-order valence-corrected chi connectivity index (χ4v) is 9.72. The van der Waals surface area contributed by atoms with Gasteiger partial charge in [-0.1, -0.05) is 224 Å². The van der Waals surface area contributed by atoms with Gasteiger partial charge >= 0.3 is 0 Å². The SMILES string of the molecule is CC(C)(C)c1ccc(-c2cc(-c3cc(-c4ccccc4)nc(-c4ccccc4)n3)cc(-c3ccc(C(C)(C)C)cc3)c2-n2c3ccc(-c4ccccc4)cc3c3cc(-c4ccccc4)ccc32)cc1. The molecule has 0 amide bonds. The van der Waals surface area contributed by atoms with Crippen LogP contribution in [0.3, 0.4) is 0 Å². The summed E-state index contributed by atoms with van der Waals surface area (Å²) in [5.41, 5.74) is 20.0. The summed E-state index contributed by atoms with van der Waals surface area (Å²) in [5, 5.41) is 2.40. The molecule has 9 aromatic carbocycles. The maximum Gasteiger partial charge on any atom is 0.160 e. The van der Waals surface area contributed by atoms with Gasteiger partial charge in [0.2, 0.25) is 0 Å². The van der Waals surface area contributed by atoms with Crippen molar-refractivity contribution in [3.8, 4) is 84.1 Å². The topological polar surface area (TPSA) is 30.7 Å². The Hall–Kier alpha value is -8.14. The number of aromatic nitrogens is 3. The highest BCUT2D eigenvalue weighted by Gasteiger charge is 2.25. The van der Waals surface area contributed by atoms with Gasteiger partial charge in [-0.25, -0.2) is 9.97 Å². The van der Waals surface area contributed by atoms with Crippen molar-refractivity contribution in [2.45, 2.75) is 52.4 Å². The van der Waals surface area contributed by atoms with Crippen LogP contribution in [0.5, 0.6) is 0 Å². The van der Waals surface area contributed by atoms with E-state index in [0.29, 0.717) is 5.82 Å². The Balaban J connectivity index is 1.26. The van der Waals surface area contributed by atoms with Gasteiger partial charge in [0.25, 0.3) is 0 Å². The van der Waals surface area contributed by atoms with Crippen molar-refractivity contribution in [1.82, 2.24) is 14.5 Å². The molecule has 0 atom stereocenters. The predicted molar refractivity (Wildman–Crippen MR) is 292 cm³/mol. The molecule has 0 N–H and O–H groups in total. The molecule has 0 saturated carbocycles. The summed E-state index contributed by atoms with van der Waals surface area (Å²) in [6.07, 6.45) is 0. The quantitative estimate of drug-likeness (QED) is 0.152. The van der Waals surface area contributed by atoms with Crippen LogP contribution >= 0.6 is 0 Å². The third-order valence-corrected chi connectivity index (χ3v) is 13.6. The Kier molecular flexibility index (Phi) is 11.0. The molecule has 0 spiro atoms. The summed E-state index contributed by atoms with van der Waals surface area (Å²) in [7, 11) is 0. The summed E-state index contributed by atoms with van der Waals surface area (Å²) in [6.45, 7) is 13.7. The maximum atomic E-state index is 5.41. The first-order valence-corrected chi connectivity index (χ1v) is 24.1. The largest absolute Gasteiger partial charge is 0.308 e. The van der Waals surface area contributed by atoms with Crippen LogP contribution in [0.15, 0.2) is 224 Å². The first-order chi connectivity index (χ1) is 33.5. The van der Waals surface area contributed by atoms with Gasteiger partial charge in [0, 0.05) is 38.6 Å². The Morgan fingerprint density at radius 3 is 1.07 bits per heavy atom. The molecule has 2 heterocycles. The molecule has 0 aliphatic rings. The van der Waals surface area contributed by atoms with Gasteiger partial charge in [-0.2, -0.15) is 0 Å². The van der Waals surface area contributed by atoms with Crippen LogP contribution in [0.1, 0.15) is 52.7 Å². The van der Waals surface area contributed by atoms with E-state index in [0.717, 1.165) is 67.1 Å². The molecule has 2 aromatic heterocycles. The summed E-state index contributed by atoms with van der Waals surface area (Å²) in [4.78, 5) is 10.6. The van der Waals surface area contributed by atoms with Crippen molar-refractivity contribution in [3.05, 3.63) is 236 Å². The van der Waals surface area contributed by atoms with Crippen molar-refractivity contribution < 1.29 is 0 Å². The molecule has 0 fully saturated rings. The minimum atomic E-state index is -0.00837. The van der Waals surface area contributed by atoms with E-state index in [2.05, 4.69) is 264 Å². The molecule has 0 bridgehead atoms. The normalized spacial score (nSPS) is 11.9. The molecule has 11 rings (SSSR count). The monoisotopic (exact) mass is 889 g/mol. The van der Waals surface area contributed by atoms with Crippen LogP contribution in [0.2, 0.25) is 0 Å². The Labute approximate surface area is 406 Å². The molecular formula is C66H55N3. The van der Waals surface area contributed by atoms with Crippen molar-refractivity contribution in [2.24, 2.45) is 0 Å². The van der Waals surface area contributed by atoms with E-state index in [9.17, 15) is 0 Å². The van der Waals surface area contributed by atoms with Gasteiger partial charge in [0.05, 0.1) is 28.1 Å². The van der Waals surface area contributed by atoms with Crippen LogP contribution in [0.25, 0.3) is 106 Å². The fourth-order valence-electron chi connectivity index (χ4n) is 9.72. The van der Waals surface area contributed by atoms with E-state index < -0.39 is 0 Å². The lowest BCUT2D eigenvalue weighted by Gasteiger charge is -2.23. The zero-order chi connectivity index (χ0) is 47.3. The van der Waals surface area contributed by atoms with E-state index in [1.807, 2.05) is 6.07 Å². The highest BCUT2D eigenvalue weighted by molar-refractivity contribution is 6.13. The van der Waals surface area contributed by atoms with Gasteiger partial charge in [-0.3, -0.25) is 0 Å². The molecule has 334 valence electrons. The van der Waals surface area contributed by atoms with Gasteiger partial charge in [-0.15, -0.1) is 0 Å². The maximum absolute atomic E-state index is 5.41. The summed E-state index contributed by atoms with van der Waals surface area (Å²) < 4.78 is 2.53. The van der Waals surface area contributed by atoms with Gasteiger partial charge in [0.1, 0.15) is 0 Å². The van der Waals surface area contributed by atoms with Gasteiger partial charge in [0.15, 0.2) is 5.82 Å². The smallest absolute Gasteiger partial charge is 0.160 e. The van der Waals surface area contributed by atoms with Crippen LogP contribution in [-0.2, 0) is 10.8 Å². The molecule has 3 heteroatoms. The first-order valence-electron chi connectivity index (χ1n) is 24.1. The molecule has 0 aliphatic heterocycles. The Morgan fingerprint density at radius 2 is 0.667 bits per heavy atom. The van der Waals surface area contributed by atoms with Crippen molar-refractivity contribution >= 4 is 21.8 Å². The lowest BCUT2D eigenvalue weighted by atomic mass is 9.84. The molecule has 3 nitrogen and oxygen atoms in total. The molecular weight excluding hydrogens is 835 g/mol. The van der Waals surface area contributed by atoms with Crippen LogP contribution in [0.4, 0.5) is 0 Å². The van der Waals surface area contributed by atoms with Gasteiger partial charge in [-0.05, 0) is 97.8 Å². The number of benzene rings is 9. The van der Waals surface area contributed by atoms with Crippen molar-refractivity contribution in [1.29, 1.82) is 0 Å². The molecule has 0 saturated heterocycles. The summed E-state index contributed by atoms with van der Waals surface area (Å²) in [6, 6.07) is 81.6. The number of rotatable bonds is 8. The number of hydrogen-bond donors (Lipinski definition) is 0. The summed E-state index contributed by atoms with van der Waals surface area (Å²) in [5.74, 6) is 0.689. The third kappa shape index (κ3) is 8.47. The second-order valence-electron chi connectivity index (χ2n) is 20.3. The lowest BCUT2D eigenvalue weighted by molar-refractivity contribution is 0.590. The minimum absolute atomic E-state index is 0.00837. The van der Waals surface area contributed by atoms with E-state index >= 15 is 0 Å². The second kappa shape index (κ2) is 17.5. The fraction of sp³-hybridized carbons (Fsp3) is 0.121. The molecule has 69 heavy (non-hydrogen) atoms. The average molecular weight is 890 g/mol. The highest BCUT2D eigenvalue weighted by atomic mass is 15.0. The highest BCUT2D eigenvalue weighted by Crippen LogP contribution is 2.46. The van der Waals surface area contributed by atoms with Crippen LogP contribution in [-0.4, -0.2) is 14.5 Å².